The molecule has 0 radical (unpaired) electrons. The van der Waals surface area contributed by atoms with Crippen LogP contribution in [0.3, 0.4) is 0 Å². The maximum absolute atomic E-state index is 12.7. The van der Waals surface area contributed by atoms with Gasteiger partial charge in [-0.25, -0.2) is 10.1 Å². The van der Waals surface area contributed by atoms with E-state index in [2.05, 4.69) is 35.8 Å². The average Bonchev–Trinajstić information content (AvgIpc) is 3.34. The van der Waals surface area contributed by atoms with E-state index in [0.29, 0.717) is 16.8 Å². The molecule has 0 bridgehead atoms. The molecule has 0 saturated heterocycles. The van der Waals surface area contributed by atoms with Crippen molar-refractivity contribution in [1.82, 2.24) is 30.7 Å². The minimum absolute atomic E-state index is 0.00197. The number of nitrogens with two attached hydrogens (primary N) is 1. The summed E-state index contributed by atoms with van der Waals surface area (Å²) in [5.41, 5.74) is 10.9. The highest BCUT2D eigenvalue weighted by Crippen LogP contribution is 2.26. The van der Waals surface area contributed by atoms with Crippen LogP contribution in [-0.2, 0) is 0 Å². The Hall–Kier alpha value is -4.54. The van der Waals surface area contributed by atoms with Crippen LogP contribution in [0.5, 0.6) is 5.75 Å². The van der Waals surface area contributed by atoms with Crippen molar-refractivity contribution < 1.29 is 14.5 Å². The summed E-state index contributed by atoms with van der Waals surface area (Å²) in [6, 6.07) is 13.8. The molecule has 2 aromatic heterocycles. The van der Waals surface area contributed by atoms with Crippen molar-refractivity contribution in [1.29, 1.82) is 0 Å². The zero-order valence-corrected chi connectivity index (χ0v) is 15.7. The number of aryl methyl sites for hydroxylation is 1. The molecular formula is C19H16N8O3. The molecule has 0 aliphatic heterocycles. The number of rotatable bonds is 5. The summed E-state index contributed by atoms with van der Waals surface area (Å²) in [4.78, 5) is 12.7. The van der Waals surface area contributed by atoms with Gasteiger partial charge in [0.05, 0.1) is 6.21 Å². The minimum atomic E-state index is -0.594. The number of benzene rings is 2. The van der Waals surface area contributed by atoms with Crippen molar-refractivity contribution >= 4 is 17.9 Å². The van der Waals surface area contributed by atoms with Gasteiger partial charge in [-0.3, -0.25) is 4.79 Å². The Bertz CT molecular complexity index is 1230. The van der Waals surface area contributed by atoms with Gasteiger partial charge in [0.2, 0.25) is 11.6 Å². The van der Waals surface area contributed by atoms with E-state index >= 15 is 0 Å². The van der Waals surface area contributed by atoms with Crippen LogP contribution >= 0.6 is 0 Å². The maximum Gasteiger partial charge on any atom is 0.294 e. The lowest BCUT2D eigenvalue weighted by atomic mass is 10.1. The maximum atomic E-state index is 12.7. The summed E-state index contributed by atoms with van der Waals surface area (Å²) >= 11 is 0. The van der Waals surface area contributed by atoms with Gasteiger partial charge >= 0.3 is 0 Å². The fourth-order valence-electron chi connectivity index (χ4n) is 2.71. The largest absolute Gasteiger partial charge is 0.508 e. The molecule has 2 heterocycles. The van der Waals surface area contributed by atoms with Crippen LogP contribution in [0.25, 0.3) is 17.1 Å². The first-order valence-corrected chi connectivity index (χ1v) is 8.76. The molecule has 0 atom stereocenters. The zero-order chi connectivity index (χ0) is 21.1. The summed E-state index contributed by atoms with van der Waals surface area (Å²) in [7, 11) is 0. The number of hydrazone groups is 1. The lowest BCUT2D eigenvalue weighted by molar-refractivity contribution is 0.0950. The van der Waals surface area contributed by atoms with Crippen molar-refractivity contribution in [3.8, 4) is 22.8 Å². The fourth-order valence-corrected chi connectivity index (χ4v) is 2.71. The molecule has 4 aromatic rings. The van der Waals surface area contributed by atoms with E-state index < -0.39 is 5.91 Å². The van der Waals surface area contributed by atoms with E-state index in [-0.39, 0.29) is 23.1 Å². The Kier molecular flexibility index (Phi) is 4.91. The molecule has 11 nitrogen and oxygen atoms in total. The van der Waals surface area contributed by atoms with Crippen molar-refractivity contribution in [2.24, 2.45) is 5.10 Å². The predicted octanol–water partition coefficient (Wildman–Crippen LogP) is 1.68. The van der Waals surface area contributed by atoms with Crippen LogP contribution in [0.1, 0.15) is 21.6 Å². The molecule has 0 aliphatic rings. The van der Waals surface area contributed by atoms with E-state index in [1.807, 2.05) is 31.2 Å². The standard InChI is InChI=1S/C19H16N8O3/c1-11-5-7-13(8-6-11)16-15(22-26-27(16)18-17(20)24-30-25-18)19(29)23-21-10-12-3-2-4-14(28)9-12/h2-10,28H,1H3,(H2,20,24)(H,23,29)/b21-10+. The van der Waals surface area contributed by atoms with Gasteiger partial charge in [-0.2, -0.15) is 9.78 Å². The minimum Gasteiger partial charge on any atom is -0.508 e. The highest BCUT2D eigenvalue weighted by Gasteiger charge is 2.25. The topological polar surface area (TPSA) is 157 Å². The quantitative estimate of drug-likeness (QED) is 0.335. The number of nitrogen functional groups attached to an aromatic ring is 1. The smallest absolute Gasteiger partial charge is 0.294 e. The third-order valence-corrected chi connectivity index (χ3v) is 4.16. The van der Waals surface area contributed by atoms with E-state index in [1.165, 1.54) is 23.0 Å². The van der Waals surface area contributed by atoms with E-state index in [0.717, 1.165) is 5.56 Å². The monoisotopic (exact) mass is 404 g/mol. The van der Waals surface area contributed by atoms with Gasteiger partial charge in [0.1, 0.15) is 11.4 Å². The lowest BCUT2D eigenvalue weighted by Crippen LogP contribution is -2.19. The number of aromatic hydroxyl groups is 1. The third-order valence-electron chi connectivity index (χ3n) is 4.16. The van der Waals surface area contributed by atoms with Gasteiger partial charge in [0.15, 0.2) is 5.69 Å². The number of nitrogens with one attached hydrogen (secondary N) is 1. The number of hydrogen-bond acceptors (Lipinski definition) is 9. The van der Waals surface area contributed by atoms with E-state index in [1.54, 1.807) is 12.1 Å². The van der Waals surface area contributed by atoms with Gasteiger partial charge in [0, 0.05) is 5.56 Å². The molecule has 0 fully saturated rings. The third kappa shape index (κ3) is 3.71. The summed E-state index contributed by atoms with van der Waals surface area (Å²) in [6.45, 7) is 1.95. The summed E-state index contributed by atoms with van der Waals surface area (Å²) in [5.74, 6) is -0.389. The van der Waals surface area contributed by atoms with E-state index in [4.69, 9.17) is 5.73 Å². The van der Waals surface area contributed by atoms with Gasteiger partial charge in [-0.1, -0.05) is 47.2 Å². The van der Waals surface area contributed by atoms with Crippen LogP contribution < -0.4 is 11.2 Å². The predicted molar refractivity (Wildman–Crippen MR) is 107 cm³/mol. The van der Waals surface area contributed by atoms with Crippen molar-refractivity contribution in [2.45, 2.75) is 6.92 Å². The van der Waals surface area contributed by atoms with Crippen molar-refractivity contribution in [3.63, 3.8) is 0 Å². The zero-order valence-electron chi connectivity index (χ0n) is 15.7. The SMILES string of the molecule is Cc1ccc(-c2c(C(=O)N/N=C/c3cccc(O)c3)nnn2-c2nonc2N)cc1. The van der Waals surface area contributed by atoms with Crippen LogP contribution in [0, 0.1) is 6.92 Å². The number of anilines is 1. The molecular weight excluding hydrogens is 388 g/mol. The highest BCUT2D eigenvalue weighted by atomic mass is 16.6. The molecule has 4 N–H and O–H groups in total. The number of carbonyl (C=O) groups excluding carboxylic acids is 1. The first kappa shape index (κ1) is 18.8. The van der Waals surface area contributed by atoms with Crippen molar-refractivity contribution in [3.05, 3.63) is 65.4 Å². The molecule has 150 valence electrons. The second-order valence-electron chi connectivity index (χ2n) is 6.33. The van der Waals surface area contributed by atoms with Gasteiger partial charge in [-0.05, 0) is 34.9 Å². The van der Waals surface area contributed by atoms with Crippen LogP contribution in [-0.4, -0.2) is 42.5 Å². The number of hydrogen-bond donors (Lipinski definition) is 3. The Morgan fingerprint density at radius 3 is 2.73 bits per heavy atom. The fraction of sp³-hybridized carbons (Fsp3) is 0.0526. The van der Waals surface area contributed by atoms with Crippen molar-refractivity contribution in [2.75, 3.05) is 5.73 Å². The second kappa shape index (κ2) is 7.83. The number of carbonyl (C=O) groups is 1. The number of amides is 1. The Balaban J connectivity index is 1.69. The number of phenolic OH excluding ortho intramolecular Hbond substituents is 1. The number of aromatic nitrogens is 5. The Morgan fingerprint density at radius 1 is 1.23 bits per heavy atom. The lowest BCUT2D eigenvalue weighted by Gasteiger charge is -2.06. The second-order valence-corrected chi connectivity index (χ2v) is 6.33. The first-order valence-electron chi connectivity index (χ1n) is 8.76. The number of phenols is 1. The molecule has 0 spiro atoms. The molecule has 2 aromatic carbocycles. The first-order chi connectivity index (χ1) is 14.5. The molecule has 0 aliphatic carbocycles. The van der Waals surface area contributed by atoms with Crippen LogP contribution in [0.2, 0.25) is 0 Å². The van der Waals surface area contributed by atoms with Crippen LogP contribution in [0.15, 0.2) is 58.3 Å². The van der Waals surface area contributed by atoms with E-state index in [9.17, 15) is 9.90 Å². The number of nitrogens with zero attached hydrogens (tertiary/aromatic N) is 6. The van der Waals surface area contributed by atoms with Gasteiger partial charge in [0.25, 0.3) is 5.91 Å². The molecule has 11 heteroatoms. The summed E-state index contributed by atoms with van der Waals surface area (Å²) in [6.07, 6.45) is 1.40. The molecule has 0 saturated carbocycles. The Morgan fingerprint density at radius 2 is 2.03 bits per heavy atom. The molecule has 4 rings (SSSR count). The van der Waals surface area contributed by atoms with Crippen LogP contribution in [0.4, 0.5) is 5.82 Å². The Labute approximate surface area is 169 Å². The summed E-state index contributed by atoms with van der Waals surface area (Å²) < 4.78 is 5.93. The molecule has 1 amide bonds. The molecule has 0 unspecified atom stereocenters. The highest BCUT2D eigenvalue weighted by molar-refractivity contribution is 5.98. The normalized spacial score (nSPS) is 11.1. The van der Waals surface area contributed by atoms with Gasteiger partial charge < -0.3 is 10.8 Å². The average molecular weight is 404 g/mol. The van der Waals surface area contributed by atoms with Gasteiger partial charge in [-0.15, -0.1) is 5.10 Å². The summed E-state index contributed by atoms with van der Waals surface area (Å²) in [5, 5.41) is 28.7. The molecule has 30 heavy (non-hydrogen) atoms.